The first kappa shape index (κ1) is 18.9. The lowest BCUT2D eigenvalue weighted by Crippen LogP contribution is -2.27. The molecule has 1 amide bonds. The van der Waals surface area contributed by atoms with Crippen LogP contribution in [0.15, 0.2) is 65.6 Å². The summed E-state index contributed by atoms with van der Waals surface area (Å²) in [5.41, 5.74) is 1.06. The minimum Gasteiger partial charge on any atom is -0.304 e. The highest BCUT2D eigenvalue weighted by atomic mass is 35.5. The molecule has 146 valence electrons. The van der Waals surface area contributed by atoms with E-state index >= 15 is 0 Å². The number of nitrogens with one attached hydrogen (secondary N) is 1. The average molecular weight is 408 g/mol. The fourth-order valence-corrected chi connectivity index (χ4v) is 3.29. The highest BCUT2D eigenvalue weighted by molar-refractivity contribution is 6.31. The van der Waals surface area contributed by atoms with E-state index < -0.39 is 11.3 Å². The van der Waals surface area contributed by atoms with Gasteiger partial charge in [-0.05, 0) is 30.7 Å². The van der Waals surface area contributed by atoms with Gasteiger partial charge < -0.3 is 5.32 Å². The van der Waals surface area contributed by atoms with Gasteiger partial charge in [0.25, 0.3) is 5.91 Å². The lowest BCUT2D eigenvalue weighted by atomic mass is 10.2. The van der Waals surface area contributed by atoms with Crippen molar-refractivity contribution in [1.29, 1.82) is 0 Å². The van der Waals surface area contributed by atoms with Crippen LogP contribution in [0.5, 0.6) is 0 Å². The quantitative estimate of drug-likeness (QED) is 0.548. The van der Waals surface area contributed by atoms with Gasteiger partial charge in [-0.1, -0.05) is 41.9 Å². The van der Waals surface area contributed by atoms with E-state index in [2.05, 4.69) is 15.5 Å². The zero-order chi connectivity index (χ0) is 20.4. The lowest BCUT2D eigenvalue weighted by molar-refractivity contribution is 0.101. The van der Waals surface area contributed by atoms with Crippen LogP contribution in [0.1, 0.15) is 23.0 Å². The van der Waals surface area contributed by atoms with Crippen LogP contribution < -0.4 is 10.7 Å². The number of carbonyl (C=O) groups excluding carboxylic acids is 1. The Morgan fingerprint density at radius 3 is 2.66 bits per heavy atom. The summed E-state index contributed by atoms with van der Waals surface area (Å²) < 4.78 is 3.32. The van der Waals surface area contributed by atoms with Crippen LogP contribution in [0, 0.1) is 0 Å². The summed E-state index contributed by atoms with van der Waals surface area (Å²) in [5.74, 6) is -0.259. The van der Waals surface area contributed by atoms with E-state index in [-0.39, 0.29) is 5.69 Å². The van der Waals surface area contributed by atoms with Crippen molar-refractivity contribution in [3.05, 3.63) is 87.3 Å². The van der Waals surface area contributed by atoms with Crippen LogP contribution in [0.25, 0.3) is 10.9 Å². The maximum Gasteiger partial charge on any atom is 0.281 e. The Bertz CT molecular complexity index is 1250. The minimum atomic E-state index is -0.607. The molecule has 0 aliphatic rings. The van der Waals surface area contributed by atoms with Crippen LogP contribution in [0.4, 0.5) is 5.82 Å². The normalized spacial score (nSPS) is 11.0. The molecule has 1 N–H and O–H groups in total. The molecule has 2 aromatic heterocycles. The summed E-state index contributed by atoms with van der Waals surface area (Å²) in [5, 5.41) is 12.0. The summed E-state index contributed by atoms with van der Waals surface area (Å²) in [4.78, 5) is 25.5. The number of benzene rings is 2. The Morgan fingerprint density at radius 1 is 1.10 bits per heavy atom. The van der Waals surface area contributed by atoms with Crippen molar-refractivity contribution in [3.63, 3.8) is 0 Å². The van der Waals surface area contributed by atoms with Crippen LogP contribution in [0.3, 0.4) is 0 Å². The first-order valence-electron chi connectivity index (χ1n) is 9.14. The molecule has 29 heavy (non-hydrogen) atoms. The molecule has 0 aliphatic carbocycles. The lowest BCUT2D eigenvalue weighted by Gasteiger charge is -2.10. The van der Waals surface area contributed by atoms with Crippen molar-refractivity contribution in [2.45, 2.75) is 20.0 Å². The van der Waals surface area contributed by atoms with Crippen LogP contribution >= 0.6 is 11.6 Å². The van der Waals surface area contributed by atoms with Crippen LogP contribution in [-0.2, 0) is 13.1 Å². The van der Waals surface area contributed by atoms with Gasteiger partial charge in [0.15, 0.2) is 11.5 Å². The highest BCUT2D eigenvalue weighted by Gasteiger charge is 2.18. The number of nitrogens with zero attached hydrogens (tertiary/aromatic N) is 4. The number of rotatable bonds is 5. The van der Waals surface area contributed by atoms with Crippen LogP contribution in [-0.4, -0.2) is 25.5 Å². The number of carbonyl (C=O) groups is 1. The number of aromatic nitrogens is 4. The first-order chi connectivity index (χ1) is 14.0. The molecule has 2 aromatic carbocycles. The Hall–Kier alpha value is -3.45. The van der Waals surface area contributed by atoms with Crippen molar-refractivity contribution < 1.29 is 4.79 Å². The maximum atomic E-state index is 12.8. The zero-order valence-corrected chi connectivity index (χ0v) is 16.4. The predicted molar refractivity (Wildman–Crippen MR) is 112 cm³/mol. The molecule has 0 aliphatic heterocycles. The van der Waals surface area contributed by atoms with Crippen molar-refractivity contribution in [3.8, 4) is 0 Å². The molecule has 0 atom stereocenters. The standard InChI is InChI=1S/C21H18ClN5O2/c1-2-27-17-9-8-15(22)12-16(17)20(28)19(25-27)21(29)23-18-10-11-26(24-18)13-14-6-4-3-5-7-14/h3-12H,2,13H2,1H3,(H,23,24,29). The second-order valence-electron chi connectivity index (χ2n) is 6.49. The van der Waals surface area contributed by atoms with E-state index in [1.165, 1.54) is 0 Å². The summed E-state index contributed by atoms with van der Waals surface area (Å²) in [6, 6.07) is 16.5. The largest absolute Gasteiger partial charge is 0.304 e. The van der Waals surface area contributed by atoms with Gasteiger partial charge >= 0.3 is 0 Å². The van der Waals surface area contributed by atoms with E-state index in [4.69, 9.17) is 11.6 Å². The third-order valence-corrected chi connectivity index (χ3v) is 4.74. The fourth-order valence-electron chi connectivity index (χ4n) is 3.11. The zero-order valence-electron chi connectivity index (χ0n) is 15.7. The number of halogens is 1. The molecule has 0 saturated heterocycles. The molecule has 0 saturated carbocycles. The Balaban J connectivity index is 1.61. The van der Waals surface area contributed by atoms with Gasteiger partial charge in [-0.2, -0.15) is 10.2 Å². The van der Waals surface area contributed by atoms with Gasteiger partial charge in [0, 0.05) is 23.8 Å². The van der Waals surface area contributed by atoms with Crippen LogP contribution in [0.2, 0.25) is 5.02 Å². The monoisotopic (exact) mass is 407 g/mol. The predicted octanol–water partition coefficient (Wildman–Crippen LogP) is 3.57. The molecular formula is C21H18ClN5O2. The van der Waals surface area contributed by atoms with Gasteiger partial charge in [-0.15, -0.1) is 0 Å². The first-order valence-corrected chi connectivity index (χ1v) is 9.52. The van der Waals surface area contributed by atoms with Gasteiger partial charge in [-0.3, -0.25) is 19.0 Å². The van der Waals surface area contributed by atoms with E-state index in [9.17, 15) is 9.59 Å². The maximum absolute atomic E-state index is 12.8. The molecule has 0 fully saturated rings. The summed E-state index contributed by atoms with van der Waals surface area (Å²) in [6.07, 6.45) is 1.76. The third kappa shape index (κ3) is 3.90. The number of anilines is 1. The molecule has 7 nitrogen and oxygen atoms in total. The molecule has 0 spiro atoms. The smallest absolute Gasteiger partial charge is 0.281 e. The molecule has 0 bridgehead atoms. The van der Waals surface area contributed by atoms with E-state index in [1.807, 2.05) is 37.3 Å². The van der Waals surface area contributed by atoms with E-state index in [1.54, 1.807) is 39.8 Å². The molecular weight excluding hydrogens is 390 g/mol. The molecule has 0 radical (unpaired) electrons. The van der Waals surface area contributed by atoms with Crippen molar-refractivity contribution in [2.75, 3.05) is 5.32 Å². The Kier molecular flexibility index (Phi) is 5.14. The van der Waals surface area contributed by atoms with Gasteiger partial charge in [0.05, 0.1) is 17.4 Å². The van der Waals surface area contributed by atoms with Crippen molar-refractivity contribution in [2.24, 2.45) is 0 Å². The molecule has 8 heteroatoms. The third-order valence-electron chi connectivity index (χ3n) is 4.50. The molecule has 4 rings (SSSR count). The van der Waals surface area contributed by atoms with Gasteiger partial charge in [-0.25, -0.2) is 0 Å². The average Bonchev–Trinajstić information content (AvgIpc) is 3.16. The Labute approximate surface area is 171 Å². The number of amides is 1. The fraction of sp³-hybridized carbons (Fsp3) is 0.143. The number of fused-ring (bicyclic) bond motifs is 1. The minimum absolute atomic E-state index is 0.195. The van der Waals surface area contributed by atoms with Crippen molar-refractivity contribution in [1.82, 2.24) is 19.6 Å². The van der Waals surface area contributed by atoms with E-state index in [0.717, 1.165) is 5.56 Å². The summed E-state index contributed by atoms with van der Waals surface area (Å²) in [7, 11) is 0. The number of hydrogen-bond acceptors (Lipinski definition) is 4. The number of aryl methyl sites for hydroxylation is 1. The highest BCUT2D eigenvalue weighted by Crippen LogP contribution is 2.17. The number of hydrogen-bond donors (Lipinski definition) is 1. The molecule has 2 heterocycles. The summed E-state index contributed by atoms with van der Waals surface area (Å²) in [6.45, 7) is 2.97. The topological polar surface area (TPSA) is 81.8 Å². The second kappa shape index (κ2) is 7.89. The van der Waals surface area contributed by atoms with Crippen molar-refractivity contribution >= 4 is 34.2 Å². The summed E-state index contributed by atoms with van der Waals surface area (Å²) >= 11 is 6.04. The molecule has 4 aromatic rings. The SMILES string of the molecule is CCn1nc(C(=O)Nc2ccn(Cc3ccccc3)n2)c(=O)c2cc(Cl)ccc21. The Morgan fingerprint density at radius 2 is 1.90 bits per heavy atom. The second-order valence-corrected chi connectivity index (χ2v) is 6.93. The van der Waals surface area contributed by atoms with E-state index in [0.29, 0.717) is 34.8 Å². The van der Waals surface area contributed by atoms with Gasteiger partial charge in [0.2, 0.25) is 5.43 Å². The molecule has 0 unspecified atom stereocenters. The van der Waals surface area contributed by atoms with Gasteiger partial charge in [0.1, 0.15) is 0 Å².